The molecule has 2 N–H and O–H groups in total. The van der Waals surface area contributed by atoms with Crippen LogP contribution in [0.5, 0.6) is 0 Å². The molecule has 2 saturated heterocycles. The maximum Gasteiger partial charge on any atom is 0.328 e. The number of nitrogens with zero attached hydrogens (tertiary/aromatic N) is 2. The SMILES string of the molecule is CCC1CNC2C(C(=O)N(CC(=O)Nc3ccc(F)cc3F)C(=O)N2C)C1OC. The number of urea groups is 1. The van der Waals surface area contributed by atoms with Gasteiger partial charge < -0.3 is 15.0 Å². The average molecular weight is 410 g/mol. The van der Waals surface area contributed by atoms with Crippen LogP contribution in [0.25, 0.3) is 0 Å². The van der Waals surface area contributed by atoms with Crippen LogP contribution in [0.15, 0.2) is 18.2 Å². The molecule has 4 amide bonds. The zero-order valence-electron chi connectivity index (χ0n) is 16.4. The van der Waals surface area contributed by atoms with Crippen molar-refractivity contribution < 1.29 is 27.9 Å². The minimum absolute atomic E-state index is 0.0794. The predicted octanol–water partition coefficient (Wildman–Crippen LogP) is 1.38. The molecule has 0 aromatic heterocycles. The number of ether oxygens (including phenoxy) is 1. The topological polar surface area (TPSA) is 91.0 Å². The summed E-state index contributed by atoms with van der Waals surface area (Å²) >= 11 is 0. The van der Waals surface area contributed by atoms with Gasteiger partial charge in [-0.1, -0.05) is 6.92 Å². The Kier molecular flexibility index (Phi) is 6.13. The fourth-order valence-electron chi connectivity index (χ4n) is 4.01. The minimum Gasteiger partial charge on any atom is -0.380 e. The summed E-state index contributed by atoms with van der Waals surface area (Å²) < 4.78 is 32.4. The highest BCUT2D eigenvalue weighted by atomic mass is 19.1. The molecular weight excluding hydrogens is 386 g/mol. The van der Waals surface area contributed by atoms with Gasteiger partial charge in [0.1, 0.15) is 18.2 Å². The number of anilines is 1. The summed E-state index contributed by atoms with van der Waals surface area (Å²) in [5, 5.41) is 5.48. The smallest absolute Gasteiger partial charge is 0.328 e. The summed E-state index contributed by atoms with van der Waals surface area (Å²) in [5.41, 5.74) is -0.236. The molecule has 2 aliphatic rings. The van der Waals surface area contributed by atoms with E-state index in [0.29, 0.717) is 12.6 Å². The second-order valence-corrected chi connectivity index (χ2v) is 7.24. The first kappa shape index (κ1) is 21.1. The lowest BCUT2D eigenvalue weighted by Gasteiger charge is -2.50. The van der Waals surface area contributed by atoms with Gasteiger partial charge in [-0.3, -0.25) is 19.8 Å². The number of imide groups is 1. The van der Waals surface area contributed by atoms with Crippen LogP contribution in [0.2, 0.25) is 0 Å². The van der Waals surface area contributed by atoms with E-state index < -0.39 is 54.2 Å². The number of carbonyl (C=O) groups is 3. The number of hydrogen-bond acceptors (Lipinski definition) is 5. The van der Waals surface area contributed by atoms with Gasteiger partial charge in [-0.2, -0.15) is 0 Å². The molecule has 0 saturated carbocycles. The molecule has 2 aliphatic heterocycles. The zero-order valence-corrected chi connectivity index (χ0v) is 16.4. The van der Waals surface area contributed by atoms with Crippen LogP contribution in [0, 0.1) is 23.5 Å². The van der Waals surface area contributed by atoms with Crippen LogP contribution >= 0.6 is 0 Å². The third-order valence-electron chi connectivity index (χ3n) is 5.55. The van der Waals surface area contributed by atoms with Crippen molar-refractivity contribution in [3.05, 3.63) is 29.8 Å². The lowest BCUT2D eigenvalue weighted by Crippen LogP contribution is -2.71. The Morgan fingerprint density at radius 2 is 2.07 bits per heavy atom. The number of benzene rings is 1. The first-order chi connectivity index (χ1) is 13.8. The van der Waals surface area contributed by atoms with Crippen LogP contribution in [0.3, 0.4) is 0 Å². The molecule has 0 aliphatic carbocycles. The zero-order chi connectivity index (χ0) is 21.3. The molecule has 8 nitrogen and oxygen atoms in total. The highest BCUT2D eigenvalue weighted by molar-refractivity contribution is 6.04. The van der Waals surface area contributed by atoms with E-state index in [-0.39, 0.29) is 11.6 Å². The highest BCUT2D eigenvalue weighted by Gasteiger charge is 2.52. The molecule has 0 bridgehead atoms. The van der Waals surface area contributed by atoms with E-state index in [2.05, 4.69) is 10.6 Å². The van der Waals surface area contributed by atoms with Gasteiger partial charge in [-0.05, 0) is 24.5 Å². The molecule has 10 heteroatoms. The van der Waals surface area contributed by atoms with Crippen molar-refractivity contribution >= 4 is 23.5 Å². The van der Waals surface area contributed by atoms with Crippen molar-refractivity contribution in [1.82, 2.24) is 15.1 Å². The third-order valence-corrected chi connectivity index (χ3v) is 5.55. The van der Waals surface area contributed by atoms with Gasteiger partial charge >= 0.3 is 6.03 Å². The van der Waals surface area contributed by atoms with E-state index in [1.54, 1.807) is 7.05 Å². The number of hydrogen-bond donors (Lipinski definition) is 2. The molecule has 1 aromatic carbocycles. The number of halogens is 2. The molecule has 2 heterocycles. The van der Waals surface area contributed by atoms with E-state index in [0.717, 1.165) is 23.5 Å². The second kappa shape index (κ2) is 8.42. The number of carbonyl (C=O) groups excluding carboxylic acids is 3. The van der Waals surface area contributed by atoms with Crippen LogP contribution < -0.4 is 10.6 Å². The van der Waals surface area contributed by atoms with Crippen molar-refractivity contribution in [2.45, 2.75) is 25.6 Å². The molecule has 158 valence electrons. The highest BCUT2D eigenvalue weighted by Crippen LogP contribution is 2.33. The Morgan fingerprint density at radius 3 is 2.69 bits per heavy atom. The molecule has 0 radical (unpaired) electrons. The fraction of sp³-hybridized carbons (Fsp3) is 0.526. The van der Waals surface area contributed by atoms with E-state index in [1.807, 2.05) is 6.92 Å². The largest absolute Gasteiger partial charge is 0.380 e. The molecule has 3 rings (SSSR count). The van der Waals surface area contributed by atoms with Crippen molar-refractivity contribution in [2.75, 3.05) is 32.6 Å². The number of piperidine rings is 1. The summed E-state index contributed by atoms with van der Waals surface area (Å²) in [4.78, 5) is 40.4. The molecule has 0 spiro atoms. The van der Waals surface area contributed by atoms with Gasteiger partial charge in [-0.15, -0.1) is 0 Å². The number of rotatable bonds is 5. The van der Waals surface area contributed by atoms with Crippen molar-refractivity contribution in [2.24, 2.45) is 11.8 Å². The van der Waals surface area contributed by atoms with Gasteiger partial charge in [0.05, 0.1) is 23.9 Å². The summed E-state index contributed by atoms with van der Waals surface area (Å²) in [6.07, 6.45) is -0.157. The Balaban J connectivity index is 1.78. The van der Waals surface area contributed by atoms with Crippen molar-refractivity contribution in [1.29, 1.82) is 0 Å². The van der Waals surface area contributed by atoms with Crippen molar-refractivity contribution in [3.63, 3.8) is 0 Å². The predicted molar refractivity (Wildman–Crippen MR) is 99.7 cm³/mol. The van der Waals surface area contributed by atoms with Gasteiger partial charge in [0, 0.05) is 26.8 Å². The van der Waals surface area contributed by atoms with Crippen LogP contribution in [-0.4, -0.2) is 67.2 Å². The van der Waals surface area contributed by atoms with E-state index in [1.165, 1.54) is 12.0 Å². The number of nitrogens with one attached hydrogen (secondary N) is 2. The summed E-state index contributed by atoms with van der Waals surface area (Å²) in [6.45, 7) is 2.00. The van der Waals surface area contributed by atoms with E-state index in [9.17, 15) is 23.2 Å². The second-order valence-electron chi connectivity index (χ2n) is 7.24. The Bertz CT molecular complexity index is 821. The maximum atomic E-state index is 13.8. The van der Waals surface area contributed by atoms with Crippen LogP contribution in [0.4, 0.5) is 19.3 Å². The van der Waals surface area contributed by atoms with Crippen LogP contribution in [0.1, 0.15) is 13.3 Å². The Morgan fingerprint density at radius 1 is 1.34 bits per heavy atom. The first-order valence-corrected chi connectivity index (χ1v) is 9.37. The standard InChI is InChI=1S/C19H24F2N4O4/c1-4-10-8-22-17-15(16(10)29-3)18(27)25(19(28)24(17)2)9-14(26)23-13-6-5-11(20)7-12(13)21/h5-7,10,15-17,22H,4,8-9H2,1-3H3,(H,23,26). The van der Waals surface area contributed by atoms with Gasteiger partial charge in [0.15, 0.2) is 0 Å². The number of amides is 4. The van der Waals surface area contributed by atoms with Crippen LogP contribution in [-0.2, 0) is 14.3 Å². The summed E-state index contributed by atoms with van der Waals surface area (Å²) in [5.74, 6) is -3.62. The third kappa shape index (κ3) is 3.95. The van der Waals surface area contributed by atoms with Gasteiger partial charge in [0.25, 0.3) is 0 Å². The molecule has 29 heavy (non-hydrogen) atoms. The fourth-order valence-corrected chi connectivity index (χ4v) is 4.01. The number of fused-ring (bicyclic) bond motifs is 1. The van der Waals surface area contributed by atoms with Gasteiger partial charge in [0.2, 0.25) is 11.8 Å². The maximum absolute atomic E-state index is 13.8. The molecule has 2 fully saturated rings. The first-order valence-electron chi connectivity index (χ1n) is 9.37. The Hall–Kier alpha value is -2.59. The van der Waals surface area contributed by atoms with Gasteiger partial charge in [-0.25, -0.2) is 13.6 Å². The lowest BCUT2D eigenvalue weighted by molar-refractivity contribution is -0.154. The monoisotopic (exact) mass is 410 g/mol. The average Bonchev–Trinajstić information content (AvgIpc) is 2.70. The lowest BCUT2D eigenvalue weighted by atomic mass is 9.81. The molecule has 4 unspecified atom stereocenters. The normalized spacial score (nSPS) is 27.1. The number of methoxy groups -OCH3 is 1. The van der Waals surface area contributed by atoms with Crippen molar-refractivity contribution in [3.8, 4) is 0 Å². The summed E-state index contributed by atoms with van der Waals surface area (Å²) in [6, 6.07) is 2.06. The molecular formula is C19H24F2N4O4. The Labute approximate surface area is 167 Å². The minimum atomic E-state index is -0.950. The molecule has 4 atom stereocenters. The summed E-state index contributed by atoms with van der Waals surface area (Å²) in [7, 11) is 3.07. The van der Waals surface area contributed by atoms with E-state index >= 15 is 0 Å². The quantitative estimate of drug-likeness (QED) is 0.766. The van der Waals surface area contributed by atoms with E-state index in [4.69, 9.17) is 4.74 Å². The molecule has 1 aromatic rings.